The van der Waals surface area contributed by atoms with Crippen LogP contribution < -0.4 is 10.3 Å². The van der Waals surface area contributed by atoms with Crippen LogP contribution in [0.4, 0.5) is 4.39 Å². The number of rotatable bonds is 8. The molecule has 0 aliphatic heterocycles. The number of nitrogens with zero attached hydrogens (tertiary/aromatic N) is 2. The van der Waals surface area contributed by atoms with Crippen LogP contribution in [0.2, 0.25) is 0 Å². The molecule has 0 saturated heterocycles. The fourth-order valence-electron chi connectivity index (χ4n) is 4.43. The summed E-state index contributed by atoms with van der Waals surface area (Å²) in [4.78, 5) is 18.6. The summed E-state index contributed by atoms with van der Waals surface area (Å²) in [6.07, 6.45) is 4.08. The highest BCUT2D eigenvalue weighted by Gasteiger charge is 2.25. The lowest BCUT2D eigenvalue weighted by Crippen LogP contribution is -2.28. The Morgan fingerprint density at radius 2 is 1.77 bits per heavy atom. The number of ether oxygens (including phenoxy) is 1. The first-order chi connectivity index (χ1) is 17.0. The van der Waals surface area contributed by atoms with Gasteiger partial charge in [0.2, 0.25) is 0 Å². The minimum atomic E-state index is -0.463. The topological polar surface area (TPSA) is 44.1 Å². The van der Waals surface area contributed by atoms with Crippen LogP contribution >= 0.6 is 0 Å². The van der Waals surface area contributed by atoms with E-state index in [0.717, 1.165) is 41.6 Å². The molecule has 35 heavy (non-hydrogen) atoms. The molecule has 1 saturated carbocycles. The molecule has 1 aliphatic rings. The zero-order chi connectivity index (χ0) is 24.4. The molecule has 178 valence electrons. The average Bonchev–Trinajstić information content (AvgIpc) is 3.68. The second kappa shape index (κ2) is 9.87. The summed E-state index contributed by atoms with van der Waals surface area (Å²) in [7, 11) is 0. The highest BCUT2D eigenvalue weighted by atomic mass is 19.1. The number of aromatic nitrogens is 2. The van der Waals surface area contributed by atoms with E-state index in [1.807, 2.05) is 30.3 Å². The van der Waals surface area contributed by atoms with Crippen molar-refractivity contribution in [2.24, 2.45) is 0 Å². The van der Waals surface area contributed by atoms with Gasteiger partial charge in [-0.15, -0.1) is 0 Å². The SMILES string of the molecule is CCCc1nc(C)n(-c2ccc(OC3CC3)c(F)c2)c(=O)c1Cc1cccc(-c2ccccc2)c1. The van der Waals surface area contributed by atoms with E-state index in [0.29, 0.717) is 29.9 Å². The number of hydrogen-bond acceptors (Lipinski definition) is 3. The van der Waals surface area contributed by atoms with Gasteiger partial charge in [-0.3, -0.25) is 9.36 Å². The summed E-state index contributed by atoms with van der Waals surface area (Å²) in [5, 5.41) is 0. The molecule has 0 N–H and O–H groups in total. The maximum Gasteiger partial charge on any atom is 0.261 e. The zero-order valence-electron chi connectivity index (χ0n) is 20.1. The van der Waals surface area contributed by atoms with Crippen molar-refractivity contribution in [3.05, 3.63) is 112 Å². The van der Waals surface area contributed by atoms with Crippen molar-refractivity contribution in [1.29, 1.82) is 0 Å². The third-order valence-electron chi connectivity index (χ3n) is 6.32. The van der Waals surface area contributed by atoms with Crippen molar-refractivity contribution in [2.75, 3.05) is 0 Å². The summed E-state index contributed by atoms with van der Waals surface area (Å²) in [5.41, 5.74) is 5.05. The second-order valence-corrected chi connectivity index (χ2v) is 9.15. The lowest BCUT2D eigenvalue weighted by atomic mass is 9.98. The number of aryl methyl sites for hydroxylation is 2. The van der Waals surface area contributed by atoms with E-state index < -0.39 is 5.82 Å². The van der Waals surface area contributed by atoms with E-state index in [2.05, 4.69) is 31.2 Å². The van der Waals surface area contributed by atoms with Crippen molar-refractivity contribution in [2.45, 2.75) is 52.1 Å². The molecular formula is C30H29FN2O2. The minimum absolute atomic E-state index is 0.105. The Hall–Kier alpha value is -3.73. The van der Waals surface area contributed by atoms with E-state index in [4.69, 9.17) is 9.72 Å². The summed E-state index contributed by atoms with van der Waals surface area (Å²) >= 11 is 0. The molecule has 1 aliphatic carbocycles. The Morgan fingerprint density at radius 1 is 1.00 bits per heavy atom. The maximum atomic E-state index is 14.8. The molecule has 3 aromatic carbocycles. The van der Waals surface area contributed by atoms with Crippen molar-refractivity contribution >= 4 is 0 Å². The molecule has 0 unspecified atom stereocenters. The molecule has 0 atom stereocenters. The standard InChI is InChI=1S/C30H29FN2O2/c1-3-8-28-26(18-21-9-7-12-23(17-21)22-10-5-4-6-11-22)30(34)33(20(2)32-28)24-13-16-29(27(31)19-24)35-25-14-15-25/h4-7,9-13,16-17,19,25H,3,8,14-15,18H2,1-2H3. The lowest BCUT2D eigenvalue weighted by Gasteiger charge is -2.16. The molecule has 4 aromatic rings. The van der Waals surface area contributed by atoms with E-state index in [9.17, 15) is 9.18 Å². The molecule has 0 radical (unpaired) electrons. The maximum absolute atomic E-state index is 14.8. The van der Waals surface area contributed by atoms with Crippen molar-refractivity contribution in [3.8, 4) is 22.6 Å². The predicted molar refractivity (Wildman–Crippen MR) is 137 cm³/mol. The average molecular weight is 469 g/mol. The van der Waals surface area contributed by atoms with Crippen LogP contribution in [0.25, 0.3) is 16.8 Å². The van der Waals surface area contributed by atoms with Crippen molar-refractivity contribution in [1.82, 2.24) is 9.55 Å². The summed E-state index contributed by atoms with van der Waals surface area (Å²) in [5.74, 6) is 0.321. The summed E-state index contributed by atoms with van der Waals surface area (Å²) in [6, 6.07) is 23.2. The Morgan fingerprint density at radius 3 is 2.49 bits per heavy atom. The van der Waals surface area contributed by atoms with Gasteiger partial charge in [0.1, 0.15) is 5.82 Å². The Bertz CT molecular complexity index is 1410. The van der Waals surface area contributed by atoms with E-state index >= 15 is 0 Å². The van der Waals surface area contributed by atoms with Gasteiger partial charge < -0.3 is 4.74 Å². The predicted octanol–water partition coefficient (Wildman–Crippen LogP) is 6.43. The van der Waals surface area contributed by atoms with Crippen LogP contribution in [0.3, 0.4) is 0 Å². The lowest BCUT2D eigenvalue weighted by molar-refractivity contribution is 0.287. The van der Waals surface area contributed by atoms with Crippen LogP contribution in [0.1, 0.15) is 48.8 Å². The molecule has 0 bridgehead atoms. The van der Waals surface area contributed by atoms with Gasteiger partial charge in [-0.2, -0.15) is 0 Å². The molecule has 1 fully saturated rings. The normalized spacial score (nSPS) is 13.1. The molecule has 5 rings (SSSR count). The van der Waals surface area contributed by atoms with E-state index in [1.54, 1.807) is 19.1 Å². The molecule has 5 heteroatoms. The largest absolute Gasteiger partial charge is 0.487 e. The van der Waals surface area contributed by atoms with Gasteiger partial charge in [0.15, 0.2) is 11.6 Å². The fourth-order valence-corrected chi connectivity index (χ4v) is 4.43. The zero-order valence-corrected chi connectivity index (χ0v) is 20.1. The minimum Gasteiger partial charge on any atom is -0.487 e. The number of benzene rings is 3. The first kappa shape index (κ1) is 23.0. The van der Waals surface area contributed by atoms with Gasteiger partial charge in [0.25, 0.3) is 5.56 Å². The van der Waals surface area contributed by atoms with Crippen LogP contribution in [-0.4, -0.2) is 15.7 Å². The van der Waals surface area contributed by atoms with Crippen molar-refractivity contribution in [3.63, 3.8) is 0 Å². The molecule has 4 nitrogen and oxygen atoms in total. The molecule has 1 aromatic heterocycles. The monoisotopic (exact) mass is 468 g/mol. The van der Waals surface area contributed by atoms with Crippen LogP contribution in [0.15, 0.2) is 77.6 Å². The van der Waals surface area contributed by atoms with Gasteiger partial charge in [0.05, 0.1) is 17.5 Å². The molecular weight excluding hydrogens is 439 g/mol. The smallest absolute Gasteiger partial charge is 0.261 e. The van der Waals surface area contributed by atoms with Gasteiger partial charge in [-0.1, -0.05) is 67.9 Å². The van der Waals surface area contributed by atoms with E-state index in [1.165, 1.54) is 10.6 Å². The van der Waals surface area contributed by atoms with E-state index in [-0.39, 0.29) is 17.4 Å². The number of hydrogen-bond donors (Lipinski definition) is 0. The Kier molecular flexibility index (Phi) is 6.49. The van der Waals surface area contributed by atoms with Crippen LogP contribution in [0, 0.1) is 12.7 Å². The quantitative estimate of drug-likeness (QED) is 0.299. The fraction of sp³-hybridized carbons (Fsp3) is 0.267. The van der Waals surface area contributed by atoms with Crippen LogP contribution in [0.5, 0.6) is 5.75 Å². The second-order valence-electron chi connectivity index (χ2n) is 9.15. The van der Waals surface area contributed by atoms with Crippen LogP contribution in [-0.2, 0) is 12.8 Å². The Labute approximate surface area is 205 Å². The summed E-state index contributed by atoms with van der Waals surface area (Å²) in [6.45, 7) is 3.88. The van der Waals surface area contributed by atoms with Gasteiger partial charge in [-0.05, 0) is 55.0 Å². The number of halogens is 1. The highest BCUT2D eigenvalue weighted by molar-refractivity contribution is 5.64. The summed E-state index contributed by atoms with van der Waals surface area (Å²) < 4.78 is 21.9. The van der Waals surface area contributed by atoms with Gasteiger partial charge in [0, 0.05) is 18.1 Å². The first-order valence-electron chi connectivity index (χ1n) is 12.3. The third-order valence-corrected chi connectivity index (χ3v) is 6.32. The third kappa shape index (κ3) is 5.04. The van der Waals surface area contributed by atoms with Gasteiger partial charge in [-0.25, -0.2) is 9.37 Å². The highest BCUT2D eigenvalue weighted by Crippen LogP contribution is 2.29. The van der Waals surface area contributed by atoms with Gasteiger partial charge >= 0.3 is 0 Å². The molecule has 0 amide bonds. The molecule has 0 spiro atoms. The van der Waals surface area contributed by atoms with Crippen molar-refractivity contribution < 1.29 is 9.13 Å². The first-order valence-corrected chi connectivity index (χ1v) is 12.3. The Balaban J connectivity index is 1.54. The molecule has 1 heterocycles.